The fraction of sp³-hybridized carbons (Fsp3) is 0.846. The standard InChI is InChI=1S/C39H74NO8PS2/c1-6-8-10-12-14-16-18-20-22-24-26-28-32-50-35-37(41)47-39(34-46-49(43,44)45-31-30-40(3,4)5)48-38(42)36-51-33-29-27-25-23-21-19-17-15-13-11-9-7-2/h18-21,39H,6-17,22-36H2,1-5H3/p+1/b20-18+,21-19+. The number of hydrogen-bond acceptors (Lipinski definition) is 9. The van der Waals surface area contributed by atoms with E-state index in [1.54, 1.807) is 0 Å². The van der Waals surface area contributed by atoms with Gasteiger partial charge in [-0.25, -0.2) is 4.57 Å². The molecule has 0 saturated carbocycles. The molecule has 12 heteroatoms. The van der Waals surface area contributed by atoms with Crippen LogP contribution in [0.1, 0.15) is 142 Å². The molecule has 0 aromatic rings. The van der Waals surface area contributed by atoms with Gasteiger partial charge in [0.25, 0.3) is 6.29 Å². The number of unbranched alkanes of at least 4 members (excludes halogenated alkanes) is 16. The van der Waals surface area contributed by atoms with Crippen LogP contribution >= 0.6 is 31.3 Å². The summed E-state index contributed by atoms with van der Waals surface area (Å²) >= 11 is 2.92. The van der Waals surface area contributed by atoms with Crippen LogP contribution in [0.5, 0.6) is 0 Å². The summed E-state index contributed by atoms with van der Waals surface area (Å²) in [6.07, 6.45) is 31.7. The number of thioether (sulfide) groups is 2. The van der Waals surface area contributed by atoms with Gasteiger partial charge >= 0.3 is 19.8 Å². The molecular formula is C39H75NO8PS2+. The lowest BCUT2D eigenvalue weighted by Crippen LogP contribution is -2.37. The predicted octanol–water partition coefficient (Wildman–Crippen LogP) is 10.7. The van der Waals surface area contributed by atoms with Crippen molar-refractivity contribution in [1.29, 1.82) is 0 Å². The minimum Gasteiger partial charge on any atom is -0.422 e. The van der Waals surface area contributed by atoms with Crippen molar-refractivity contribution in [2.24, 2.45) is 0 Å². The van der Waals surface area contributed by atoms with Crippen LogP contribution in [0.15, 0.2) is 24.3 Å². The molecule has 0 aromatic carbocycles. The van der Waals surface area contributed by atoms with Gasteiger partial charge in [-0.15, -0.1) is 0 Å². The topological polar surface area (TPSA) is 108 Å². The number of carbonyl (C=O) groups excluding carboxylic acids is 2. The minimum absolute atomic E-state index is 0.000373. The molecule has 0 radical (unpaired) electrons. The van der Waals surface area contributed by atoms with E-state index in [0.717, 1.165) is 62.9 Å². The zero-order chi connectivity index (χ0) is 37.9. The Kier molecular flexibility index (Phi) is 34.4. The van der Waals surface area contributed by atoms with Crippen LogP contribution in [0.25, 0.3) is 0 Å². The van der Waals surface area contributed by atoms with Gasteiger partial charge < -0.3 is 18.9 Å². The zero-order valence-corrected chi connectivity index (χ0v) is 35.5. The SMILES string of the molecule is CCCCCCC/C=C/CCCCCSCC(=O)OC(COP(=O)(O)OCC[N+](C)(C)C)OC(=O)CSCCCCC/C=C/CCCCCCC. The Balaban J connectivity index is 4.44. The van der Waals surface area contributed by atoms with Gasteiger partial charge in [-0.05, 0) is 75.7 Å². The lowest BCUT2D eigenvalue weighted by molar-refractivity contribution is -0.870. The molecule has 51 heavy (non-hydrogen) atoms. The molecule has 0 aliphatic rings. The molecule has 0 heterocycles. The lowest BCUT2D eigenvalue weighted by atomic mass is 10.1. The largest absolute Gasteiger partial charge is 0.472 e. The number of phosphoric acid groups is 1. The van der Waals surface area contributed by atoms with Gasteiger partial charge in [0.2, 0.25) is 0 Å². The third-order valence-corrected chi connectivity index (χ3v) is 11.0. The van der Waals surface area contributed by atoms with Crippen molar-refractivity contribution >= 4 is 43.3 Å². The van der Waals surface area contributed by atoms with Crippen LogP contribution in [0.4, 0.5) is 0 Å². The third kappa shape index (κ3) is 38.7. The fourth-order valence-electron chi connectivity index (χ4n) is 4.88. The van der Waals surface area contributed by atoms with Crippen LogP contribution in [0.2, 0.25) is 0 Å². The van der Waals surface area contributed by atoms with Crippen LogP contribution in [-0.2, 0) is 32.7 Å². The molecule has 0 fully saturated rings. The van der Waals surface area contributed by atoms with Crippen LogP contribution in [0, 0.1) is 0 Å². The maximum Gasteiger partial charge on any atom is 0.472 e. The van der Waals surface area contributed by atoms with E-state index in [1.807, 2.05) is 21.1 Å². The highest BCUT2D eigenvalue weighted by atomic mass is 32.2. The Morgan fingerprint density at radius 3 is 1.41 bits per heavy atom. The average molecular weight is 781 g/mol. The van der Waals surface area contributed by atoms with E-state index in [4.69, 9.17) is 18.5 Å². The van der Waals surface area contributed by atoms with E-state index in [9.17, 15) is 19.0 Å². The highest BCUT2D eigenvalue weighted by molar-refractivity contribution is 8.00. The number of allylic oxidation sites excluding steroid dienone is 4. The van der Waals surface area contributed by atoms with Gasteiger partial charge in [0.1, 0.15) is 19.8 Å². The Bertz CT molecular complexity index is 893. The quantitative estimate of drug-likeness (QED) is 0.0163. The first-order chi connectivity index (χ1) is 24.5. The fourth-order valence-corrected chi connectivity index (χ4v) is 7.15. The predicted molar refractivity (Wildman–Crippen MR) is 217 cm³/mol. The molecule has 0 aliphatic heterocycles. The van der Waals surface area contributed by atoms with Crippen molar-refractivity contribution in [2.75, 3.05) is 63.9 Å². The normalized spacial score (nSPS) is 13.4. The van der Waals surface area contributed by atoms with Gasteiger partial charge in [0.05, 0.1) is 32.6 Å². The molecule has 300 valence electrons. The maximum atomic E-state index is 12.6. The number of quaternary nitrogens is 1. The average Bonchev–Trinajstić information content (AvgIpc) is 3.07. The zero-order valence-electron chi connectivity index (χ0n) is 33.0. The van der Waals surface area contributed by atoms with Crippen molar-refractivity contribution in [3.63, 3.8) is 0 Å². The lowest BCUT2D eigenvalue weighted by Gasteiger charge is -2.24. The van der Waals surface area contributed by atoms with Gasteiger partial charge in [0.15, 0.2) is 0 Å². The first-order valence-electron chi connectivity index (χ1n) is 19.8. The van der Waals surface area contributed by atoms with Crippen LogP contribution < -0.4 is 0 Å². The number of phosphoric ester groups is 1. The summed E-state index contributed by atoms with van der Waals surface area (Å²) in [4.78, 5) is 35.3. The number of esters is 2. The van der Waals surface area contributed by atoms with Crippen LogP contribution in [-0.4, -0.2) is 91.5 Å². The smallest absolute Gasteiger partial charge is 0.422 e. The van der Waals surface area contributed by atoms with E-state index in [-0.39, 0.29) is 18.1 Å². The summed E-state index contributed by atoms with van der Waals surface area (Å²) in [6.45, 7) is 4.37. The summed E-state index contributed by atoms with van der Waals surface area (Å²) in [5.74, 6) is 0.669. The Hall–Kier alpha value is -0.810. The van der Waals surface area contributed by atoms with Crippen molar-refractivity contribution in [3.8, 4) is 0 Å². The van der Waals surface area contributed by atoms with E-state index in [0.29, 0.717) is 11.0 Å². The molecule has 0 aromatic heterocycles. The minimum atomic E-state index is -4.44. The maximum absolute atomic E-state index is 12.6. The highest BCUT2D eigenvalue weighted by Gasteiger charge is 2.28. The van der Waals surface area contributed by atoms with E-state index >= 15 is 0 Å². The number of carbonyl (C=O) groups is 2. The molecule has 0 rings (SSSR count). The van der Waals surface area contributed by atoms with Gasteiger partial charge in [-0.1, -0.05) is 102 Å². The molecule has 0 bridgehead atoms. The van der Waals surface area contributed by atoms with E-state index < -0.39 is 32.7 Å². The molecule has 0 saturated heterocycles. The molecular weight excluding hydrogens is 706 g/mol. The number of ether oxygens (including phenoxy) is 2. The molecule has 0 amide bonds. The Morgan fingerprint density at radius 1 is 0.627 bits per heavy atom. The molecule has 0 spiro atoms. The molecule has 1 unspecified atom stereocenters. The van der Waals surface area contributed by atoms with Crippen molar-refractivity contribution in [3.05, 3.63) is 24.3 Å². The number of nitrogens with zero attached hydrogens (tertiary/aromatic N) is 1. The first kappa shape index (κ1) is 50.2. The Morgan fingerprint density at radius 2 is 1.02 bits per heavy atom. The van der Waals surface area contributed by atoms with Gasteiger partial charge in [0, 0.05) is 0 Å². The van der Waals surface area contributed by atoms with Crippen molar-refractivity contribution < 1.29 is 42.1 Å². The van der Waals surface area contributed by atoms with Crippen molar-refractivity contribution in [1.82, 2.24) is 0 Å². The second-order valence-corrected chi connectivity index (χ2v) is 17.8. The summed E-state index contributed by atoms with van der Waals surface area (Å²) in [7, 11) is 1.36. The molecule has 0 aliphatic carbocycles. The van der Waals surface area contributed by atoms with Crippen LogP contribution in [0.3, 0.4) is 0 Å². The van der Waals surface area contributed by atoms with Gasteiger partial charge in [-0.2, -0.15) is 23.5 Å². The number of likely N-dealkylation sites (N-methyl/N-ethyl adjacent to an activating group) is 1. The highest BCUT2D eigenvalue weighted by Crippen LogP contribution is 2.43. The second-order valence-electron chi connectivity index (χ2n) is 14.2. The summed E-state index contributed by atoms with van der Waals surface area (Å²) < 4.78 is 33.8. The van der Waals surface area contributed by atoms with Gasteiger partial charge in [-0.3, -0.25) is 18.6 Å². The number of hydrogen-bond donors (Lipinski definition) is 1. The van der Waals surface area contributed by atoms with E-state index in [2.05, 4.69) is 38.2 Å². The van der Waals surface area contributed by atoms with E-state index in [1.165, 1.54) is 101 Å². The summed E-state index contributed by atoms with van der Waals surface area (Å²) in [6, 6.07) is 0. The third-order valence-electron chi connectivity index (χ3n) is 7.96. The first-order valence-corrected chi connectivity index (χ1v) is 23.6. The Labute approximate surface area is 321 Å². The van der Waals surface area contributed by atoms with Crippen molar-refractivity contribution in [2.45, 2.75) is 149 Å². The summed E-state index contributed by atoms with van der Waals surface area (Å²) in [5, 5.41) is 0. The monoisotopic (exact) mass is 780 g/mol. The molecule has 1 N–H and O–H groups in total. The summed E-state index contributed by atoms with van der Waals surface area (Å²) in [5.41, 5.74) is 0. The molecule has 1 atom stereocenters. The second kappa shape index (κ2) is 34.9. The number of rotatable bonds is 37. The molecule has 9 nitrogen and oxygen atoms in total.